The number of nitrogens with zero attached hydrogens (tertiary/aromatic N) is 1. The van der Waals surface area contributed by atoms with Crippen LogP contribution in [0.3, 0.4) is 0 Å². The van der Waals surface area contributed by atoms with Crippen molar-refractivity contribution in [3.05, 3.63) is 89.0 Å². The molecule has 1 heterocycles. The Labute approximate surface area is 262 Å². The second kappa shape index (κ2) is 15.9. The van der Waals surface area contributed by atoms with Crippen LogP contribution in [0.2, 0.25) is 5.02 Å². The van der Waals surface area contributed by atoms with E-state index in [0.29, 0.717) is 50.3 Å². The number of hydrogen-bond donors (Lipinski definition) is 6. The summed E-state index contributed by atoms with van der Waals surface area (Å²) >= 11 is 5.94. The lowest BCUT2D eigenvalue weighted by Gasteiger charge is -2.31. The molecule has 0 unspecified atom stereocenters. The van der Waals surface area contributed by atoms with Crippen molar-refractivity contribution in [2.75, 3.05) is 26.7 Å². The number of nitrogens with one attached hydrogen (secondary N) is 5. The fourth-order valence-corrected chi connectivity index (χ4v) is 5.51. The van der Waals surface area contributed by atoms with Gasteiger partial charge < -0.3 is 31.9 Å². The van der Waals surface area contributed by atoms with Gasteiger partial charge in [0.15, 0.2) is 5.96 Å². The Hall–Kier alpha value is -4.41. The van der Waals surface area contributed by atoms with Crippen LogP contribution < -0.4 is 27.0 Å². The third-order valence-corrected chi connectivity index (χ3v) is 7.96. The minimum atomic E-state index is -0.705. The highest BCUT2D eigenvalue weighted by molar-refractivity contribution is 6.30. The zero-order valence-corrected chi connectivity index (χ0v) is 25.6. The molecule has 3 aromatic carbocycles. The smallest absolute Gasteiger partial charge is 0.244 e. The van der Waals surface area contributed by atoms with Gasteiger partial charge in [0.1, 0.15) is 6.04 Å². The number of carbonyl (C=O) groups is 3. The van der Waals surface area contributed by atoms with Gasteiger partial charge in [-0.1, -0.05) is 66.2 Å². The molecule has 44 heavy (non-hydrogen) atoms. The van der Waals surface area contributed by atoms with Crippen molar-refractivity contribution >= 4 is 52.1 Å². The van der Waals surface area contributed by atoms with Crippen LogP contribution >= 0.6 is 11.6 Å². The van der Waals surface area contributed by atoms with Crippen molar-refractivity contribution in [1.29, 1.82) is 5.41 Å². The number of rotatable bonds is 12. The Bertz CT molecular complexity index is 1490. The molecule has 1 fully saturated rings. The minimum Gasteiger partial charge on any atom is -0.370 e. The third-order valence-electron chi connectivity index (χ3n) is 7.71. The van der Waals surface area contributed by atoms with E-state index in [4.69, 9.17) is 22.7 Å². The number of hydrogen-bond acceptors (Lipinski definition) is 5. The highest BCUT2D eigenvalue weighted by Crippen LogP contribution is 2.21. The molecule has 7 N–H and O–H groups in total. The Kier molecular flexibility index (Phi) is 11.7. The molecule has 1 aliphatic rings. The van der Waals surface area contributed by atoms with Crippen LogP contribution in [0.1, 0.15) is 30.4 Å². The predicted octanol–water partition coefficient (Wildman–Crippen LogP) is 2.80. The number of likely N-dealkylation sites (N-methyl/N-ethyl adjacent to an activating group) is 1. The average molecular weight is 618 g/mol. The molecule has 4 rings (SSSR count). The SMILES string of the molecule is CNC(=O)[C@H](Cc1ccc2ccccc2c1)N1CC[C@H](CNC(=O)/C=C/c2ccc(Cl)cc2)N[C@@H](CCCNC(=N)N)C1=O. The first kappa shape index (κ1) is 32.5. The van der Waals surface area contributed by atoms with Gasteiger partial charge in [-0.15, -0.1) is 0 Å². The first-order chi connectivity index (χ1) is 21.2. The van der Waals surface area contributed by atoms with Gasteiger partial charge in [-0.05, 0) is 59.4 Å². The molecule has 0 aromatic heterocycles. The van der Waals surface area contributed by atoms with Gasteiger partial charge in [0.05, 0.1) is 6.04 Å². The van der Waals surface area contributed by atoms with E-state index in [-0.39, 0.29) is 29.7 Å². The van der Waals surface area contributed by atoms with Crippen molar-refractivity contribution in [2.24, 2.45) is 5.73 Å². The van der Waals surface area contributed by atoms with Gasteiger partial charge in [-0.2, -0.15) is 0 Å². The number of carbonyl (C=O) groups excluding carboxylic acids is 3. The number of benzene rings is 3. The van der Waals surface area contributed by atoms with E-state index in [1.54, 1.807) is 30.2 Å². The highest BCUT2D eigenvalue weighted by Gasteiger charge is 2.37. The van der Waals surface area contributed by atoms with E-state index < -0.39 is 12.1 Å². The van der Waals surface area contributed by atoms with Crippen LogP contribution in [0.5, 0.6) is 0 Å². The molecule has 11 heteroatoms. The van der Waals surface area contributed by atoms with Crippen LogP contribution in [0, 0.1) is 5.41 Å². The van der Waals surface area contributed by atoms with Gasteiger partial charge in [0.25, 0.3) is 0 Å². The average Bonchev–Trinajstić information content (AvgIpc) is 3.18. The maximum absolute atomic E-state index is 14.0. The standard InChI is InChI=1S/C33H40ClN7O3/c1-37-31(43)29(20-23-8-12-24-5-2-3-6-25(24)19-23)41-18-16-27(40-28(32(41)44)7-4-17-38-33(35)36)21-39-30(42)15-11-22-9-13-26(34)14-10-22/h2-3,5-6,8-15,19,27-29,40H,4,7,16-18,20-21H2,1H3,(H,37,43)(H,39,42)(H4,35,36,38)/b15-11+/t27-,28+,29+/m1/s1. The van der Waals surface area contributed by atoms with Crippen molar-refractivity contribution in [1.82, 2.24) is 26.2 Å². The third kappa shape index (κ3) is 9.29. The number of amides is 3. The van der Waals surface area contributed by atoms with Crippen LogP contribution in [-0.2, 0) is 20.8 Å². The van der Waals surface area contributed by atoms with Gasteiger partial charge in [0, 0.05) is 50.2 Å². The van der Waals surface area contributed by atoms with Crippen LogP contribution in [0.25, 0.3) is 16.8 Å². The summed E-state index contributed by atoms with van der Waals surface area (Å²) < 4.78 is 0. The molecule has 3 amide bonds. The molecule has 1 aliphatic heterocycles. The van der Waals surface area contributed by atoms with Gasteiger partial charge in [-0.3, -0.25) is 19.8 Å². The Morgan fingerprint density at radius 1 is 1.11 bits per heavy atom. The Balaban J connectivity index is 1.48. The molecule has 1 saturated heterocycles. The Morgan fingerprint density at radius 2 is 1.86 bits per heavy atom. The van der Waals surface area contributed by atoms with E-state index in [9.17, 15) is 14.4 Å². The van der Waals surface area contributed by atoms with Crippen LogP contribution in [0.4, 0.5) is 0 Å². The lowest BCUT2D eigenvalue weighted by atomic mass is 9.99. The first-order valence-electron chi connectivity index (χ1n) is 14.8. The summed E-state index contributed by atoms with van der Waals surface area (Å²) in [5.74, 6) is -0.786. The van der Waals surface area contributed by atoms with Crippen molar-refractivity contribution in [3.63, 3.8) is 0 Å². The summed E-state index contributed by atoms with van der Waals surface area (Å²) in [6, 6.07) is 19.8. The van der Waals surface area contributed by atoms with Crippen LogP contribution in [0.15, 0.2) is 72.8 Å². The zero-order valence-electron chi connectivity index (χ0n) is 24.8. The van der Waals surface area contributed by atoms with Crippen molar-refractivity contribution < 1.29 is 14.4 Å². The van der Waals surface area contributed by atoms with E-state index in [1.165, 1.54) is 6.08 Å². The second-order valence-corrected chi connectivity index (χ2v) is 11.3. The lowest BCUT2D eigenvalue weighted by molar-refractivity contribution is -0.141. The molecule has 3 atom stereocenters. The molecule has 0 saturated carbocycles. The quantitative estimate of drug-likeness (QED) is 0.0796. The van der Waals surface area contributed by atoms with E-state index in [0.717, 1.165) is 21.9 Å². The number of halogens is 1. The molecule has 0 spiro atoms. The fourth-order valence-electron chi connectivity index (χ4n) is 5.38. The second-order valence-electron chi connectivity index (χ2n) is 10.9. The molecular weight excluding hydrogens is 578 g/mol. The molecule has 10 nitrogen and oxygen atoms in total. The fraction of sp³-hybridized carbons (Fsp3) is 0.333. The summed E-state index contributed by atoms with van der Waals surface area (Å²) in [4.78, 5) is 41.5. The molecule has 232 valence electrons. The normalized spacial score (nSPS) is 17.7. The topological polar surface area (TPSA) is 152 Å². The summed E-state index contributed by atoms with van der Waals surface area (Å²) in [6.07, 6.45) is 5.13. The van der Waals surface area contributed by atoms with E-state index >= 15 is 0 Å². The summed E-state index contributed by atoms with van der Waals surface area (Å²) in [7, 11) is 1.58. The summed E-state index contributed by atoms with van der Waals surface area (Å²) in [6.45, 7) is 1.09. The minimum absolute atomic E-state index is 0.130. The van der Waals surface area contributed by atoms with E-state index in [2.05, 4.69) is 27.3 Å². The molecule has 0 aliphatic carbocycles. The first-order valence-corrected chi connectivity index (χ1v) is 15.2. The maximum atomic E-state index is 14.0. The zero-order chi connectivity index (χ0) is 31.5. The van der Waals surface area contributed by atoms with Gasteiger partial charge >= 0.3 is 0 Å². The summed E-state index contributed by atoms with van der Waals surface area (Å²) in [5, 5.41) is 22.1. The van der Waals surface area contributed by atoms with Crippen LogP contribution in [-0.4, -0.2) is 73.4 Å². The molecule has 0 bridgehead atoms. The molecule has 3 aromatic rings. The number of nitrogens with two attached hydrogens (primary N) is 1. The Morgan fingerprint density at radius 3 is 2.59 bits per heavy atom. The lowest BCUT2D eigenvalue weighted by Crippen LogP contribution is -2.54. The molecular formula is C33H40ClN7O3. The number of guanidine groups is 1. The molecule has 0 radical (unpaired) electrons. The van der Waals surface area contributed by atoms with Gasteiger partial charge in [0.2, 0.25) is 17.7 Å². The summed E-state index contributed by atoms with van der Waals surface area (Å²) in [5.41, 5.74) is 7.24. The largest absolute Gasteiger partial charge is 0.370 e. The van der Waals surface area contributed by atoms with Crippen molar-refractivity contribution in [3.8, 4) is 0 Å². The maximum Gasteiger partial charge on any atom is 0.244 e. The highest BCUT2D eigenvalue weighted by atomic mass is 35.5. The number of fused-ring (bicyclic) bond motifs is 1. The predicted molar refractivity (Wildman–Crippen MR) is 175 cm³/mol. The van der Waals surface area contributed by atoms with E-state index in [1.807, 2.05) is 48.5 Å². The van der Waals surface area contributed by atoms with Crippen molar-refractivity contribution in [2.45, 2.75) is 43.8 Å². The monoisotopic (exact) mass is 617 g/mol. The van der Waals surface area contributed by atoms with Gasteiger partial charge in [-0.25, -0.2) is 0 Å².